The van der Waals surface area contributed by atoms with Gasteiger partial charge in [0.05, 0.1) is 24.2 Å². The van der Waals surface area contributed by atoms with Gasteiger partial charge in [0.1, 0.15) is 5.75 Å². The van der Waals surface area contributed by atoms with Crippen molar-refractivity contribution in [2.75, 3.05) is 26.3 Å². The number of sulfonamides is 1. The molecule has 6 heteroatoms. The predicted molar refractivity (Wildman–Crippen MR) is 96.2 cm³/mol. The van der Waals surface area contributed by atoms with Gasteiger partial charge in [0, 0.05) is 13.1 Å². The standard InChI is InChI=1S/C19H23NO4S/c1-3-23-18-10-9-17(13-15(18)2)25(21,22)20-11-12-24-19(14-20)16-7-5-4-6-8-16/h4-10,13,19H,3,11-12,14H2,1-2H3. The van der Waals surface area contributed by atoms with Gasteiger partial charge in [-0.1, -0.05) is 30.3 Å². The number of rotatable bonds is 5. The van der Waals surface area contributed by atoms with E-state index in [4.69, 9.17) is 9.47 Å². The highest BCUT2D eigenvalue weighted by Gasteiger charge is 2.31. The fourth-order valence-electron chi connectivity index (χ4n) is 2.96. The Labute approximate surface area is 149 Å². The first-order valence-corrected chi connectivity index (χ1v) is 9.86. The van der Waals surface area contributed by atoms with Crippen LogP contribution in [0, 0.1) is 6.92 Å². The molecule has 1 unspecified atom stereocenters. The van der Waals surface area contributed by atoms with Crippen LogP contribution in [0.5, 0.6) is 5.75 Å². The van der Waals surface area contributed by atoms with Crippen LogP contribution in [0.25, 0.3) is 0 Å². The highest BCUT2D eigenvalue weighted by atomic mass is 32.2. The summed E-state index contributed by atoms with van der Waals surface area (Å²) < 4.78 is 38.8. The summed E-state index contributed by atoms with van der Waals surface area (Å²) in [6.07, 6.45) is -0.242. The average molecular weight is 361 g/mol. The van der Waals surface area contributed by atoms with E-state index in [0.717, 1.165) is 11.1 Å². The zero-order valence-corrected chi connectivity index (χ0v) is 15.3. The van der Waals surface area contributed by atoms with Gasteiger partial charge in [0.2, 0.25) is 10.0 Å². The monoisotopic (exact) mass is 361 g/mol. The molecule has 25 heavy (non-hydrogen) atoms. The number of hydrogen-bond acceptors (Lipinski definition) is 4. The zero-order chi connectivity index (χ0) is 17.9. The van der Waals surface area contributed by atoms with Gasteiger partial charge in [-0.25, -0.2) is 8.42 Å². The van der Waals surface area contributed by atoms with Gasteiger partial charge in [0.15, 0.2) is 0 Å². The number of hydrogen-bond donors (Lipinski definition) is 0. The van der Waals surface area contributed by atoms with Crippen LogP contribution in [0.4, 0.5) is 0 Å². The van der Waals surface area contributed by atoms with E-state index >= 15 is 0 Å². The lowest BCUT2D eigenvalue weighted by Crippen LogP contribution is -2.42. The summed E-state index contributed by atoms with van der Waals surface area (Å²) in [6.45, 7) is 5.37. The van der Waals surface area contributed by atoms with Crippen LogP contribution in [-0.4, -0.2) is 39.0 Å². The Morgan fingerprint density at radius 3 is 2.64 bits per heavy atom. The quantitative estimate of drug-likeness (QED) is 0.821. The van der Waals surface area contributed by atoms with Gasteiger partial charge in [-0.15, -0.1) is 0 Å². The molecule has 1 heterocycles. The Morgan fingerprint density at radius 1 is 1.20 bits per heavy atom. The maximum atomic E-state index is 13.0. The van der Waals surface area contributed by atoms with Gasteiger partial charge in [-0.2, -0.15) is 4.31 Å². The molecule has 5 nitrogen and oxygen atoms in total. The van der Waals surface area contributed by atoms with Crippen molar-refractivity contribution in [1.29, 1.82) is 0 Å². The molecule has 1 aliphatic rings. The van der Waals surface area contributed by atoms with Crippen molar-refractivity contribution < 1.29 is 17.9 Å². The predicted octanol–water partition coefficient (Wildman–Crippen LogP) is 3.16. The van der Waals surface area contributed by atoms with Crippen molar-refractivity contribution in [1.82, 2.24) is 4.31 Å². The minimum Gasteiger partial charge on any atom is -0.494 e. The first-order chi connectivity index (χ1) is 12.0. The largest absolute Gasteiger partial charge is 0.494 e. The molecular weight excluding hydrogens is 338 g/mol. The van der Waals surface area contributed by atoms with Gasteiger partial charge in [0.25, 0.3) is 0 Å². The maximum Gasteiger partial charge on any atom is 0.243 e. The number of morpholine rings is 1. The van der Waals surface area contributed by atoms with Gasteiger partial charge in [-0.05, 0) is 43.2 Å². The van der Waals surface area contributed by atoms with Crippen molar-refractivity contribution in [2.45, 2.75) is 24.8 Å². The normalized spacial score (nSPS) is 18.9. The van der Waals surface area contributed by atoms with Crippen molar-refractivity contribution in [2.24, 2.45) is 0 Å². The summed E-state index contributed by atoms with van der Waals surface area (Å²) in [4.78, 5) is 0.294. The summed E-state index contributed by atoms with van der Waals surface area (Å²) in [6, 6.07) is 14.7. The minimum atomic E-state index is -3.56. The molecule has 0 spiro atoms. The van der Waals surface area contributed by atoms with E-state index in [9.17, 15) is 8.42 Å². The molecule has 0 amide bonds. The first kappa shape index (κ1) is 17.9. The third-order valence-corrected chi connectivity index (χ3v) is 6.15. The number of benzene rings is 2. The molecule has 1 fully saturated rings. The molecule has 0 N–H and O–H groups in total. The van der Waals surface area contributed by atoms with E-state index in [-0.39, 0.29) is 6.10 Å². The fraction of sp³-hybridized carbons (Fsp3) is 0.368. The van der Waals surface area contributed by atoms with Crippen LogP contribution in [0.3, 0.4) is 0 Å². The topological polar surface area (TPSA) is 55.8 Å². The van der Waals surface area contributed by atoms with Crippen molar-refractivity contribution in [3.05, 3.63) is 59.7 Å². The molecule has 0 aromatic heterocycles. The summed E-state index contributed by atoms with van der Waals surface area (Å²) in [7, 11) is -3.56. The lowest BCUT2D eigenvalue weighted by Gasteiger charge is -2.32. The lowest BCUT2D eigenvalue weighted by atomic mass is 10.1. The van der Waals surface area contributed by atoms with Crippen LogP contribution in [0.15, 0.2) is 53.4 Å². The highest BCUT2D eigenvalue weighted by Crippen LogP contribution is 2.28. The summed E-state index contributed by atoms with van der Waals surface area (Å²) in [5.41, 5.74) is 1.81. The third kappa shape index (κ3) is 3.86. The van der Waals surface area contributed by atoms with E-state index in [1.165, 1.54) is 4.31 Å². The van der Waals surface area contributed by atoms with E-state index in [1.807, 2.05) is 44.2 Å². The number of nitrogens with zero attached hydrogens (tertiary/aromatic N) is 1. The minimum absolute atomic E-state index is 0.242. The third-order valence-electron chi connectivity index (χ3n) is 4.28. The molecule has 134 valence electrons. The van der Waals surface area contributed by atoms with E-state index in [1.54, 1.807) is 18.2 Å². The van der Waals surface area contributed by atoms with Crippen LogP contribution in [-0.2, 0) is 14.8 Å². The Kier molecular flexibility index (Phi) is 5.42. The molecular formula is C19H23NO4S. The van der Waals surface area contributed by atoms with Gasteiger partial charge in [-0.3, -0.25) is 0 Å². The first-order valence-electron chi connectivity index (χ1n) is 8.42. The average Bonchev–Trinajstić information content (AvgIpc) is 2.64. The Bertz CT molecular complexity index is 821. The molecule has 0 bridgehead atoms. The second kappa shape index (κ2) is 7.56. The summed E-state index contributed by atoms with van der Waals surface area (Å²) >= 11 is 0. The molecule has 0 aliphatic carbocycles. The molecule has 2 aromatic carbocycles. The van der Waals surface area contributed by atoms with Crippen molar-refractivity contribution in [3.8, 4) is 5.75 Å². The van der Waals surface area contributed by atoms with E-state index < -0.39 is 10.0 Å². The second-order valence-corrected chi connectivity index (χ2v) is 7.93. The fourth-order valence-corrected chi connectivity index (χ4v) is 4.47. The van der Waals surface area contributed by atoms with Crippen LogP contribution >= 0.6 is 0 Å². The van der Waals surface area contributed by atoms with E-state index in [2.05, 4.69) is 0 Å². The zero-order valence-electron chi connectivity index (χ0n) is 14.5. The molecule has 2 aromatic rings. The Balaban J connectivity index is 1.83. The molecule has 0 saturated carbocycles. The molecule has 3 rings (SSSR count). The maximum absolute atomic E-state index is 13.0. The lowest BCUT2D eigenvalue weighted by molar-refractivity contribution is -0.00255. The van der Waals surface area contributed by atoms with Crippen LogP contribution in [0.2, 0.25) is 0 Å². The van der Waals surface area contributed by atoms with Crippen LogP contribution in [0.1, 0.15) is 24.2 Å². The molecule has 1 saturated heterocycles. The van der Waals surface area contributed by atoms with Crippen molar-refractivity contribution in [3.63, 3.8) is 0 Å². The number of ether oxygens (including phenoxy) is 2. The molecule has 0 radical (unpaired) electrons. The Morgan fingerprint density at radius 2 is 1.96 bits per heavy atom. The van der Waals surface area contributed by atoms with Crippen LogP contribution < -0.4 is 4.74 Å². The van der Waals surface area contributed by atoms with Gasteiger partial charge < -0.3 is 9.47 Å². The summed E-state index contributed by atoms with van der Waals surface area (Å²) in [5.74, 6) is 0.714. The molecule has 1 aliphatic heterocycles. The number of aryl methyl sites for hydroxylation is 1. The van der Waals surface area contributed by atoms with Gasteiger partial charge >= 0.3 is 0 Å². The SMILES string of the molecule is CCOc1ccc(S(=O)(=O)N2CCOC(c3ccccc3)C2)cc1C. The van der Waals surface area contributed by atoms with Crippen molar-refractivity contribution >= 4 is 10.0 Å². The van der Waals surface area contributed by atoms with E-state index in [0.29, 0.717) is 36.9 Å². The smallest absolute Gasteiger partial charge is 0.243 e. The summed E-state index contributed by atoms with van der Waals surface area (Å²) in [5, 5.41) is 0. The second-order valence-electron chi connectivity index (χ2n) is 5.99. The highest BCUT2D eigenvalue weighted by molar-refractivity contribution is 7.89. The Hall–Kier alpha value is -1.89. The molecule has 1 atom stereocenters.